The lowest BCUT2D eigenvalue weighted by atomic mass is 10.2. The molecule has 0 spiro atoms. The lowest BCUT2D eigenvalue weighted by molar-refractivity contribution is -0.120. The molecule has 2 rings (SSSR count). The highest BCUT2D eigenvalue weighted by Gasteiger charge is 2.11. The lowest BCUT2D eigenvalue weighted by Crippen LogP contribution is -2.17. The number of nitrogens with one attached hydrogen (secondary N) is 1. The predicted molar refractivity (Wildman–Crippen MR) is 79.5 cm³/mol. The van der Waals surface area contributed by atoms with E-state index in [1.807, 2.05) is 24.3 Å². The minimum Gasteiger partial charge on any atom is -0.421 e. The van der Waals surface area contributed by atoms with Gasteiger partial charge in [0.05, 0.1) is 5.56 Å². The van der Waals surface area contributed by atoms with Crippen LogP contribution in [0.5, 0.6) is 0 Å². The summed E-state index contributed by atoms with van der Waals surface area (Å²) in [7, 11) is 1.63. The van der Waals surface area contributed by atoms with E-state index < -0.39 is 0 Å². The molecule has 1 heterocycles. The second-order valence-corrected chi connectivity index (χ2v) is 5.17. The zero-order chi connectivity index (χ0) is 13.7. The van der Waals surface area contributed by atoms with Gasteiger partial charge < -0.3 is 9.73 Å². The van der Waals surface area contributed by atoms with Gasteiger partial charge in [-0.1, -0.05) is 12.1 Å². The first-order valence-corrected chi connectivity index (χ1v) is 7.06. The van der Waals surface area contributed by atoms with Crippen LogP contribution in [0.2, 0.25) is 0 Å². The first kappa shape index (κ1) is 14.0. The summed E-state index contributed by atoms with van der Waals surface area (Å²) in [6, 6.07) is 7.84. The van der Waals surface area contributed by atoms with Crippen molar-refractivity contribution < 1.29 is 9.21 Å². The number of rotatable bonds is 5. The smallest absolute Gasteiger partial charge is 0.248 e. The first-order valence-electron chi connectivity index (χ1n) is 5.98. The number of aromatic nitrogens is 2. The van der Waals surface area contributed by atoms with Crippen molar-refractivity contribution in [2.45, 2.75) is 19.3 Å². The molecule has 1 aromatic heterocycles. The number of amides is 1. The minimum absolute atomic E-state index is 0.0253. The number of halogens is 1. The normalized spacial score (nSPS) is 10.4. The van der Waals surface area contributed by atoms with Crippen LogP contribution in [0.25, 0.3) is 11.5 Å². The summed E-state index contributed by atoms with van der Waals surface area (Å²) in [6.45, 7) is 0. The van der Waals surface area contributed by atoms with Crippen molar-refractivity contribution in [3.8, 4) is 11.5 Å². The van der Waals surface area contributed by atoms with Crippen molar-refractivity contribution in [1.29, 1.82) is 0 Å². The van der Waals surface area contributed by atoms with Crippen molar-refractivity contribution in [1.82, 2.24) is 15.5 Å². The number of carbonyl (C=O) groups excluding carboxylic acids is 1. The lowest BCUT2D eigenvalue weighted by Gasteiger charge is -1.98. The van der Waals surface area contributed by atoms with E-state index in [0.717, 1.165) is 9.13 Å². The van der Waals surface area contributed by atoms with Crippen LogP contribution in [0, 0.1) is 3.57 Å². The van der Waals surface area contributed by atoms with Crippen LogP contribution in [-0.2, 0) is 11.2 Å². The van der Waals surface area contributed by atoms with Gasteiger partial charge in [-0.15, -0.1) is 10.2 Å². The summed E-state index contributed by atoms with van der Waals surface area (Å²) in [5, 5.41) is 10.6. The molecule has 0 aliphatic carbocycles. The van der Waals surface area contributed by atoms with E-state index in [0.29, 0.717) is 31.0 Å². The number of hydrogen-bond acceptors (Lipinski definition) is 4. The summed E-state index contributed by atoms with van der Waals surface area (Å²) >= 11 is 2.23. The second kappa shape index (κ2) is 6.65. The summed E-state index contributed by atoms with van der Waals surface area (Å²) in [6.07, 6.45) is 1.79. The standard InChI is InChI=1S/C13H14IN3O2/c1-15-11(18)7-4-8-12-16-17-13(19-12)9-5-2-3-6-10(9)14/h2-3,5-6H,4,7-8H2,1H3,(H,15,18). The van der Waals surface area contributed by atoms with Crippen molar-refractivity contribution >= 4 is 28.5 Å². The van der Waals surface area contributed by atoms with Crippen LogP contribution in [-0.4, -0.2) is 23.2 Å². The van der Waals surface area contributed by atoms with E-state index in [9.17, 15) is 4.79 Å². The van der Waals surface area contributed by atoms with E-state index in [2.05, 4.69) is 38.1 Å². The van der Waals surface area contributed by atoms with Gasteiger partial charge in [-0.3, -0.25) is 4.79 Å². The van der Waals surface area contributed by atoms with E-state index in [1.165, 1.54) is 0 Å². The Morgan fingerprint density at radius 2 is 2.16 bits per heavy atom. The van der Waals surface area contributed by atoms with Crippen molar-refractivity contribution in [3.63, 3.8) is 0 Å². The Kier molecular flexibility index (Phi) is 4.89. The number of benzene rings is 1. The van der Waals surface area contributed by atoms with Gasteiger partial charge in [0.25, 0.3) is 0 Å². The average Bonchev–Trinajstić information content (AvgIpc) is 2.87. The van der Waals surface area contributed by atoms with Gasteiger partial charge in [-0.25, -0.2) is 0 Å². The van der Waals surface area contributed by atoms with Crippen molar-refractivity contribution in [2.75, 3.05) is 7.05 Å². The Hall–Kier alpha value is -1.44. The number of hydrogen-bond donors (Lipinski definition) is 1. The molecular weight excluding hydrogens is 357 g/mol. The van der Waals surface area contributed by atoms with Gasteiger partial charge >= 0.3 is 0 Å². The Balaban J connectivity index is 2.00. The van der Waals surface area contributed by atoms with Gasteiger partial charge in [0.15, 0.2) is 0 Å². The molecule has 1 N–H and O–H groups in total. The fourth-order valence-corrected chi connectivity index (χ4v) is 2.24. The van der Waals surface area contributed by atoms with Gasteiger partial charge in [0.2, 0.25) is 17.7 Å². The molecule has 6 heteroatoms. The van der Waals surface area contributed by atoms with Crippen LogP contribution in [0.4, 0.5) is 0 Å². The van der Waals surface area contributed by atoms with Crippen LogP contribution in [0.1, 0.15) is 18.7 Å². The van der Waals surface area contributed by atoms with E-state index in [1.54, 1.807) is 7.05 Å². The Morgan fingerprint density at radius 3 is 2.89 bits per heavy atom. The van der Waals surface area contributed by atoms with Crippen LogP contribution in [0.3, 0.4) is 0 Å². The number of carbonyl (C=O) groups is 1. The Labute approximate surface area is 124 Å². The third kappa shape index (κ3) is 3.76. The zero-order valence-corrected chi connectivity index (χ0v) is 12.7. The van der Waals surface area contributed by atoms with E-state index >= 15 is 0 Å². The monoisotopic (exact) mass is 371 g/mol. The molecular formula is C13H14IN3O2. The highest BCUT2D eigenvalue weighted by Crippen LogP contribution is 2.23. The van der Waals surface area contributed by atoms with Gasteiger partial charge in [-0.05, 0) is 41.1 Å². The van der Waals surface area contributed by atoms with Gasteiger partial charge in [0.1, 0.15) is 0 Å². The van der Waals surface area contributed by atoms with Crippen LogP contribution in [0.15, 0.2) is 28.7 Å². The SMILES string of the molecule is CNC(=O)CCCc1nnc(-c2ccccc2I)o1. The largest absolute Gasteiger partial charge is 0.421 e. The fraction of sp³-hybridized carbons (Fsp3) is 0.308. The highest BCUT2D eigenvalue weighted by molar-refractivity contribution is 14.1. The van der Waals surface area contributed by atoms with Gasteiger partial charge in [-0.2, -0.15) is 0 Å². The summed E-state index contributed by atoms with van der Waals surface area (Å²) in [5.41, 5.74) is 0.938. The molecule has 0 saturated heterocycles. The van der Waals surface area contributed by atoms with E-state index in [-0.39, 0.29) is 5.91 Å². The molecule has 19 heavy (non-hydrogen) atoms. The fourth-order valence-electron chi connectivity index (χ4n) is 1.62. The molecule has 100 valence electrons. The predicted octanol–water partition coefficient (Wildman–Crippen LogP) is 2.41. The summed E-state index contributed by atoms with van der Waals surface area (Å²) < 4.78 is 6.68. The topological polar surface area (TPSA) is 68.0 Å². The molecule has 0 fully saturated rings. The Bertz CT molecular complexity index is 569. The molecule has 1 amide bonds. The zero-order valence-electron chi connectivity index (χ0n) is 10.5. The quantitative estimate of drug-likeness (QED) is 0.820. The third-order valence-corrected chi connectivity index (χ3v) is 3.59. The maximum absolute atomic E-state index is 11.1. The third-order valence-electron chi connectivity index (χ3n) is 2.64. The second-order valence-electron chi connectivity index (χ2n) is 4.01. The minimum atomic E-state index is 0.0253. The summed E-state index contributed by atoms with van der Waals surface area (Å²) in [4.78, 5) is 11.1. The van der Waals surface area contributed by atoms with Crippen molar-refractivity contribution in [3.05, 3.63) is 33.7 Å². The average molecular weight is 371 g/mol. The maximum Gasteiger partial charge on any atom is 0.248 e. The van der Waals surface area contributed by atoms with Crippen LogP contribution >= 0.6 is 22.6 Å². The van der Waals surface area contributed by atoms with Gasteiger partial charge in [0, 0.05) is 23.5 Å². The molecule has 0 aliphatic rings. The highest BCUT2D eigenvalue weighted by atomic mass is 127. The molecule has 0 atom stereocenters. The number of nitrogens with zero attached hydrogens (tertiary/aromatic N) is 2. The first-order chi connectivity index (χ1) is 9.20. The molecule has 0 bridgehead atoms. The molecule has 0 radical (unpaired) electrons. The molecule has 0 aliphatic heterocycles. The molecule has 5 nitrogen and oxygen atoms in total. The molecule has 0 unspecified atom stereocenters. The van der Waals surface area contributed by atoms with Crippen LogP contribution < -0.4 is 5.32 Å². The van der Waals surface area contributed by atoms with Crippen molar-refractivity contribution in [2.24, 2.45) is 0 Å². The molecule has 1 aromatic carbocycles. The maximum atomic E-state index is 11.1. The van der Waals surface area contributed by atoms with E-state index in [4.69, 9.17) is 4.42 Å². The molecule has 0 saturated carbocycles. The molecule has 2 aromatic rings. The summed E-state index contributed by atoms with van der Waals surface area (Å²) in [5.74, 6) is 1.12. The Morgan fingerprint density at radius 1 is 1.37 bits per heavy atom. The number of aryl methyl sites for hydroxylation is 1.